The van der Waals surface area contributed by atoms with E-state index in [-0.39, 0.29) is 0 Å². The molecule has 3 nitrogen and oxygen atoms in total. The summed E-state index contributed by atoms with van der Waals surface area (Å²) in [5, 5.41) is 3.77. The topological polar surface area (TPSA) is 22.8 Å². The largest absolute Gasteiger partial charge is 0.307 e. The molecule has 9 rings (SSSR count). The van der Waals surface area contributed by atoms with E-state index in [4.69, 9.17) is 4.98 Å². The van der Waals surface area contributed by atoms with Crippen LogP contribution < -0.4 is 0 Å². The number of hydrogen-bond acceptors (Lipinski definition) is 1. The first-order chi connectivity index (χ1) is 21.8. The van der Waals surface area contributed by atoms with E-state index in [2.05, 4.69) is 161 Å². The molecule has 0 bridgehead atoms. The van der Waals surface area contributed by atoms with Gasteiger partial charge in [0, 0.05) is 38.7 Å². The van der Waals surface area contributed by atoms with Gasteiger partial charge in [0.05, 0.1) is 22.2 Å². The van der Waals surface area contributed by atoms with Gasteiger partial charge in [0.25, 0.3) is 0 Å². The molecule has 3 heteroatoms. The highest BCUT2D eigenvalue weighted by atomic mass is 15.1. The van der Waals surface area contributed by atoms with Gasteiger partial charge >= 0.3 is 0 Å². The average Bonchev–Trinajstić information content (AvgIpc) is 3.62. The number of para-hydroxylation sites is 2. The van der Waals surface area contributed by atoms with E-state index in [1.807, 2.05) is 0 Å². The van der Waals surface area contributed by atoms with Crippen LogP contribution >= 0.6 is 0 Å². The second-order valence-corrected chi connectivity index (χ2v) is 11.5. The standard InChI is InChI=1S/C41H29N3/c1-4-14-28(15-5-1)30-26-36(29-16-6-2-7-17-29)42-39(27-30)44-38-23-13-11-21-33(38)35-25-24-34-32-20-10-12-22-37(32)43(40(34)41(35)44)31-18-8-3-9-19-31/h1-12,14-22,24-27H,13,23H2. The van der Waals surface area contributed by atoms with Gasteiger partial charge < -0.3 is 4.57 Å². The van der Waals surface area contributed by atoms with Crippen LogP contribution in [0.2, 0.25) is 0 Å². The van der Waals surface area contributed by atoms with Crippen molar-refractivity contribution < 1.29 is 0 Å². The third kappa shape index (κ3) is 3.79. The Kier molecular flexibility index (Phi) is 5.63. The van der Waals surface area contributed by atoms with Crippen molar-refractivity contribution >= 4 is 38.8 Å². The predicted molar refractivity (Wildman–Crippen MR) is 184 cm³/mol. The van der Waals surface area contributed by atoms with Gasteiger partial charge in [-0.25, -0.2) is 4.98 Å². The molecule has 0 saturated heterocycles. The lowest BCUT2D eigenvalue weighted by molar-refractivity contribution is 0.872. The van der Waals surface area contributed by atoms with Gasteiger partial charge in [-0.1, -0.05) is 121 Å². The first-order valence-corrected chi connectivity index (χ1v) is 15.3. The van der Waals surface area contributed by atoms with Crippen LogP contribution in [-0.4, -0.2) is 14.1 Å². The number of allylic oxidation sites excluding steroid dienone is 1. The Morgan fingerprint density at radius 1 is 0.523 bits per heavy atom. The molecule has 1 aliphatic carbocycles. The lowest BCUT2D eigenvalue weighted by Gasteiger charge is -2.17. The molecular formula is C41H29N3. The second kappa shape index (κ2) is 9.96. The molecule has 0 saturated carbocycles. The first kappa shape index (κ1) is 24.9. The molecule has 0 atom stereocenters. The second-order valence-electron chi connectivity index (χ2n) is 11.5. The zero-order valence-corrected chi connectivity index (χ0v) is 24.2. The van der Waals surface area contributed by atoms with Crippen LogP contribution in [0, 0.1) is 0 Å². The lowest BCUT2D eigenvalue weighted by atomic mass is 10.0. The Bertz CT molecular complexity index is 2300. The van der Waals surface area contributed by atoms with Crippen LogP contribution in [0.3, 0.4) is 0 Å². The predicted octanol–water partition coefficient (Wildman–Crippen LogP) is 10.4. The van der Waals surface area contributed by atoms with E-state index in [1.54, 1.807) is 0 Å². The molecule has 0 aliphatic heterocycles. The summed E-state index contributed by atoms with van der Waals surface area (Å²) < 4.78 is 4.91. The van der Waals surface area contributed by atoms with Crippen LogP contribution in [0.4, 0.5) is 0 Å². The number of aromatic nitrogens is 3. The van der Waals surface area contributed by atoms with Crippen LogP contribution in [-0.2, 0) is 6.42 Å². The Labute approximate surface area is 256 Å². The SMILES string of the molecule is C1=Cc2c(n(-c3cc(-c4ccccc4)cc(-c4ccccc4)n3)c3c2ccc2c4ccccc4n(-c4ccccc4)c23)CC1. The van der Waals surface area contributed by atoms with Crippen LogP contribution in [0.1, 0.15) is 17.7 Å². The molecule has 0 N–H and O–H groups in total. The number of benzene rings is 5. The number of rotatable bonds is 4. The number of fused-ring (bicyclic) bond motifs is 7. The summed E-state index contributed by atoms with van der Waals surface area (Å²) >= 11 is 0. The van der Waals surface area contributed by atoms with Crippen LogP contribution in [0.15, 0.2) is 146 Å². The molecule has 3 heterocycles. The summed E-state index contributed by atoms with van der Waals surface area (Å²) in [6.07, 6.45) is 6.61. The Morgan fingerprint density at radius 3 is 1.98 bits per heavy atom. The van der Waals surface area contributed by atoms with Crippen molar-refractivity contribution in [1.29, 1.82) is 0 Å². The molecule has 0 spiro atoms. The van der Waals surface area contributed by atoms with Gasteiger partial charge in [0.1, 0.15) is 5.82 Å². The van der Waals surface area contributed by atoms with Crippen molar-refractivity contribution in [3.05, 3.63) is 157 Å². The van der Waals surface area contributed by atoms with Crippen molar-refractivity contribution in [3.63, 3.8) is 0 Å². The maximum Gasteiger partial charge on any atom is 0.138 e. The van der Waals surface area contributed by atoms with Gasteiger partial charge in [-0.3, -0.25) is 4.57 Å². The highest BCUT2D eigenvalue weighted by Crippen LogP contribution is 2.42. The van der Waals surface area contributed by atoms with Crippen molar-refractivity contribution in [1.82, 2.24) is 14.1 Å². The van der Waals surface area contributed by atoms with E-state index in [9.17, 15) is 0 Å². The fourth-order valence-corrected chi connectivity index (χ4v) is 7.03. The van der Waals surface area contributed by atoms with E-state index < -0.39 is 0 Å². The minimum absolute atomic E-state index is 0.948. The summed E-state index contributed by atoms with van der Waals surface area (Å²) in [5.74, 6) is 0.948. The Morgan fingerprint density at radius 2 is 1.18 bits per heavy atom. The van der Waals surface area contributed by atoms with Crippen molar-refractivity contribution in [2.45, 2.75) is 12.8 Å². The van der Waals surface area contributed by atoms with Gasteiger partial charge in [-0.2, -0.15) is 0 Å². The number of hydrogen-bond donors (Lipinski definition) is 0. The lowest BCUT2D eigenvalue weighted by Crippen LogP contribution is -2.07. The third-order valence-corrected chi connectivity index (χ3v) is 8.97. The molecule has 0 unspecified atom stereocenters. The quantitative estimate of drug-likeness (QED) is 0.209. The van der Waals surface area contributed by atoms with Crippen LogP contribution in [0.5, 0.6) is 0 Å². The van der Waals surface area contributed by atoms with Crippen molar-refractivity contribution in [2.75, 3.05) is 0 Å². The molecule has 0 fully saturated rings. The van der Waals surface area contributed by atoms with Gasteiger partial charge in [0.2, 0.25) is 0 Å². The third-order valence-electron chi connectivity index (χ3n) is 8.97. The van der Waals surface area contributed by atoms with E-state index >= 15 is 0 Å². The average molecular weight is 564 g/mol. The highest BCUT2D eigenvalue weighted by Gasteiger charge is 2.25. The Hall–Kier alpha value is -5.67. The molecule has 44 heavy (non-hydrogen) atoms. The summed E-state index contributed by atoms with van der Waals surface area (Å²) in [6.45, 7) is 0. The van der Waals surface area contributed by atoms with E-state index in [0.717, 1.165) is 41.2 Å². The van der Waals surface area contributed by atoms with Crippen molar-refractivity contribution in [3.8, 4) is 33.9 Å². The van der Waals surface area contributed by atoms with Crippen LogP contribution in [0.25, 0.3) is 72.7 Å². The van der Waals surface area contributed by atoms with E-state index in [0.29, 0.717) is 0 Å². The molecule has 1 aliphatic rings. The van der Waals surface area contributed by atoms with Gasteiger partial charge in [-0.05, 0) is 54.3 Å². The Balaban J connectivity index is 1.46. The van der Waals surface area contributed by atoms with E-state index in [1.165, 1.54) is 49.5 Å². The fraction of sp³-hybridized carbons (Fsp3) is 0.0488. The summed E-state index contributed by atoms with van der Waals surface area (Å²) in [5.41, 5.74) is 11.8. The minimum Gasteiger partial charge on any atom is -0.307 e. The summed E-state index contributed by atoms with van der Waals surface area (Å²) in [4.78, 5) is 5.42. The zero-order valence-electron chi connectivity index (χ0n) is 24.2. The zero-order chi connectivity index (χ0) is 29.0. The molecule has 8 aromatic rings. The van der Waals surface area contributed by atoms with Crippen molar-refractivity contribution in [2.24, 2.45) is 0 Å². The molecule has 0 radical (unpaired) electrons. The molecule has 0 amide bonds. The maximum absolute atomic E-state index is 5.42. The normalized spacial score (nSPS) is 12.7. The summed E-state index contributed by atoms with van der Waals surface area (Å²) in [7, 11) is 0. The first-order valence-electron chi connectivity index (χ1n) is 15.3. The summed E-state index contributed by atoms with van der Waals surface area (Å²) in [6, 6.07) is 49.9. The smallest absolute Gasteiger partial charge is 0.138 e. The molecular weight excluding hydrogens is 534 g/mol. The molecule has 3 aromatic heterocycles. The monoisotopic (exact) mass is 563 g/mol. The number of pyridine rings is 1. The maximum atomic E-state index is 5.42. The fourth-order valence-electron chi connectivity index (χ4n) is 7.03. The van der Waals surface area contributed by atoms with Gasteiger partial charge in [-0.15, -0.1) is 0 Å². The minimum atomic E-state index is 0.948. The molecule has 208 valence electrons. The molecule has 5 aromatic carbocycles. The highest BCUT2D eigenvalue weighted by molar-refractivity contribution is 6.19. The number of nitrogens with zero attached hydrogens (tertiary/aromatic N) is 3. The van der Waals surface area contributed by atoms with Gasteiger partial charge in [0.15, 0.2) is 0 Å².